The molecule has 0 unspecified atom stereocenters. The van der Waals surface area contributed by atoms with Gasteiger partial charge in [0, 0.05) is 12.1 Å². The van der Waals surface area contributed by atoms with Gasteiger partial charge in [0.15, 0.2) is 0 Å². The molecular formula is C13H21N5O3. The van der Waals surface area contributed by atoms with Crippen molar-refractivity contribution in [2.24, 2.45) is 5.73 Å². The number of nitro groups is 1. The Morgan fingerprint density at radius 1 is 1.48 bits per heavy atom. The zero-order valence-corrected chi connectivity index (χ0v) is 12.1. The lowest BCUT2D eigenvalue weighted by Gasteiger charge is -2.26. The molecule has 116 valence electrons. The van der Waals surface area contributed by atoms with Crippen LogP contribution in [-0.2, 0) is 6.42 Å². The van der Waals surface area contributed by atoms with Crippen LogP contribution in [0.2, 0.25) is 0 Å². The number of nitrogens with zero attached hydrogens (tertiary/aromatic N) is 2. The van der Waals surface area contributed by atoms with Gasteiger partial charge in [0.2, 0.25) is 5.69 Å². The van der Waals surface area contributed by atoms with Crippen LogP contribution in [0.5, 0.6) is 0 Å². The second-order valence-electron chi connectivity index (χ2n) is 5.49. The Morgan fingerprint density at radius 3 is 2.71 bits per heavy atom. The zero-order valence-electron chi connectivity index (χ0n) is 12.1. The Labute approximate surface area is 122 Å². The second-order valence-corrected chi connectivity index (χ2v) is 5.49. The number of aromatic amines is 1. The van der Waals surface area contributed by atoms with Gasteiger partial charge in [-0.3, -0.25) is 20.0 Å². The standard InChI is InChI=1S/C13H21N5O3/c1-2-3-10-12(18(20)21)11(17-16-10)13(19)15-9-6-4-8(14)5-7-9/h8-9H,2-7,14H2,1H3,(H,15,19)(H,16,17). The molecule has 1 fully saturated rings. The molecule has 1 aromatic heterocycles. The van der Waals surface area contributed by atoms with Crippen molar-refractivity contribution >= 4 is 11.6 Å². The fourth-order valence-corrected chi connectivity index (χ4v) is 2.67. The number of hydrogen-bond acceptors (Lipinski definition) is 5. The van der Waals surface area contributed by atoms with Crippen molar-refractivity contribution in [3.63, 3.8) is 0 Å². The van der Waals surface area contributed by atoms with Crippen LogP contribution in [0.3, 0.4) is 0 Å². The van der Waals surface area contributed by atoms with Crippen molar-refractivity contribution in [2.45, 2.75) is 57.5 Å². The first-order chi connectivity index (χ1) is 10.0. The quantitative estimate of drug-likeness (QED) is 0.557. The smallest absolute Gasteiger partial charge is 0.322 e. The predicted octanol–water partition coefficient (Wildman–Crippen LogP) is 1.27. The molecule has 1 aromatic rings. The Balaban J connectivity index is 2.10. The van der Waals surface area contributed by atoms with Gasteiger partial charge in [-0.2, -0.15) is 5.10 Å². The van der Waals surface area contributed by atoms with E-state index in [4.69, 9.17) is 5.73 Å². The lowest BCUT2D eigenvalue weighted by atomic mass is 9.92. The summed E-state index contributed by atoms with van der Waals surface area (Å²) in [6, 6.07) is 0.206. The van der Waals surface area contributed by atoms with E-state index in [-0.39, 0.29) is 23.5 Å². The molecule has 1 saturated carbocycles. The number of aromatic nitrogens is 2. The Morgan fingerprint density at radius 2 is 2.14 bits per heavy atom. The first-order valence-electron chi connectivity index (χ1n) is 7.31. The summed E-state index contributed by atoms with van der Waals surface area (Å²) in [5, 5.41) is 20.4. The van der Waals surface area contributed by atoms with Crippen LogP contribution < -0.4 is 11.1 Å². The fraction of sp³-hybridized carbons (Fsp3) is 0.692. The van der Waals surface area contributed by atoms with Gasteiger partial charge in [-0.15, -0.1) is 0 Å². The molecule has 8 nitrogen and oxygen atoms in total. The average molecular weight is 295 g/mol. The summed E-state index contributed by atoms with van der Waals surface area (Å²) < 4.78 is 0. The lowest BCUT2D eigenvalue weighted by molar-refractivity contribution is -0.385. The number of hydrogen-bond donors (Lipinski definition) is 3. The van der Waals surface area contributed by atoms with Gasteiger partial charge in [-0.05, 0) is 32.1 Å². The Bertz CT molecular complexity index is 520. The molecule has 0 saturated heterocycles. The van der Waals surface area contributed by atoms with E-state index in [1.54, 1.807) is 0 Å². The number of nitrogens with one attached hydrogen (secondary N) is 2. The van der Waals surface area contributed by atoms with Gasteiger partial charge in [0.05, 0.1) is 4.92 Å². The molecular weight excluding hydrogens is 274 g/mol. The molecule has 2 rings (SSSR count). The van der Waals surface area contributed by atoms with Crippen molar-refractivity contribution < 1.29 is 9.72 Å². The van der Waals surface area contributed by atoms with E-state index in [1.807, 2.05) is 6.92 Å². The minimum Gasteiger partial charge on any atom is -0.348 e. The van der Waals surface area contributed by atoms with Gasteiger partial charge in [0.1, 0.15) is 5.69 Å². The third-order valence-electron chi connectivity index (χ3n) is 3.82. The number of amides is 1. The van der Waals surface area contributed by atoms with Crippen molar-refractivity contribution in [3.05, 3.63) is 21.5 Å². The molecule has 1 aliphatic rings. The minimum atomic E-state index is -0.541. The number of carbonyl (C=O) groups excluding carboxylic acids is 1. The summed E-state index contributed by atoms with van der Waals surface area (Å²) in [5.41, 5.74) is 5.89. The predicted molar refractivity (Wildman–Crippen MR) is 76.9 cm³/mol. The van der Waals surface area contributed by atoms with Crippen LogP contribution in [0.15, 0.2) is 0 Å². The molecule has 0 radical (unpaired) electrons. The molecule has 0 aliphatic heterocycles. The summed E-state index contributed by atoms with van der Waals surface area (Å²) in [7, 11) is 0. The Hall–Kier alpha value is -1.96. The minimum absolute atomic E-state index is 0.0169. The molecule has 0 bridgehead atoms. The van der Waals surface area contributed by atoms with Crippen molar-refractivity contribution in [1.82, 2.24) is 15.5 Å². The van der Waals surface area contributed by atoms with Gasteiger partial charge in [0.25, 0.3) is 5.91 Å². The first-order valence-corrected chi connectivity index (χ1v) is 7.31. The highest BCUT2D eigenvalue weighted by molar-refractivity contribution is 5.96. The first kappa shape index (κ1) is 15.4. The lowest BCUT2D eigenvalue weighted by Crippen LogP contribution is -2.40. The van der Waals surface area contributed by atoms with Crippen molar-refractivity contribution in [2.75, 3.05) is 0 Å². The highest BCUT2D eigenvalue weighted by atomic mass is 16.6. The van der Waals surface area contributed by atoms with E-state index in [9.17, 15) is 14.9 Å². The number of carbonyl (C=O) groups is 1. The maximum absolute atomic E-state index is 12.2. The molecule has 8 heteroatoms. The topological polar surface area (TPSA) is 127 Å². The molecule has 1 heterocycles. The maximum Gasteiger partial charge on any atom is 0.322 e. The van der Waals surface area contributed by atoms with Gasteiger partial charge < -0.3 is 11.1 Å². The van der Waals surface area contributed by atoms with E-state index in [0.29, 0.717) is 12.1 Å². The van der Waals surface area contributed by atoms with E-state index >= 15 is 0 Å². The van der Waals surface area contributed by atoms with E-state index in [1.165, 1.54) is 0 Å². The third-order valence-corrected chi connectivity index (χ3v) is 3.82. The zero-order chi connectivity index (χ0) is 15.4. The van der Waals surface area contributed by atoms with E-state index < -0.39 is 10.8 Å². The van der Waals surface area contributed by atoms with E-state index in [0.717, 1.165) is 32.1 Å². The maximum atomic E-state index is 12.2. The van der Waals surface area contributed by atoms with Crippen LogP contribution in [0.4, 0.5) is 5.69 Å². The summed E-state index contributed by atoms with van der Waals surface area (Å²) in [6.07, 6.45) is 4.54. The number of aryl methyl sites for hydroxylation is 1. The second kappa shape index (κ2) is 6.66. The summed E-state index contributed by atoms with van der Waals surface area (Å²) >= 11 is 0. The SMILES string of the molecule is CCCc1[nH]nc(C(=O)NC2CCC(N)CC2)c1[N+](=O)[O-]. The normalized spacial score (nSPS) is 22.0. The van der Waals surface area contributed by atoms with Crippen LogP contribution in [0.25, 0.3) is 0 Å². The third kappa shape index (κ3) is 3.57. The summed E-state index contributed by atoms with van der Waals surface area (Å²) in [6.45, 7) is 1.91. The molecule has 21 heavy (non-hydrogen) atoms. The largest absolute Gasteiger partial charge is 0.348 e. The van der Waals surface area contributed by atoms with Crippen molar-refractivity contribution in [1.29, 1.82) is 0 Å². The van der Waals surface area contributed by atoms with Crippen molar-refractivity contribution in [3.8, 4) is 0 Å². The Kier molecular flexibility index (Phi) is 4.89. The number of H-pyrrole nitrogens is 1. The fourth-order valence-electron chi connectivity index (χ4n) is 2.67. The van der Waals surface area contributed by atoms with Gasteiger partial charge in [-0.1, -0.05) is 13.3 Å². The molecule has 0 aromatic carbocycles. The van der Waals surface area contributed by atoms with Crippen LogP contribution in [-0.4, -0.2) is 33.1 Å². The molecule has 1 aliphatic carbocycles. The summed E-state index contributed by atoms with van der Waals surface area (Å²) in [4.78, 5) is 22.8. The molecule has 0 atom stereocenters. The van der Waals surface area contributed by atoms with E-state index in [2.05, 4.69) is 15.5 Å². The van der Waals surface area contributed by atoms with Crippen LogP contribution in [0, 0.1) is 10.1 Å². The van der Waals surface area contributed by atoms with Crippen LogP contribution in [0.1, 0.15) is 55.2 Å². The monoisotopic (exact) mass is 295 g/mol. The molecule has 4 N–H and O–H groups in total. The number of rotatable bonds is 5. The average Bonchev–Trinajstić information content (AvgIpc) is 2.86. The molecule has 1 amide bonds. The highest BCUT2D eigenvalue weighted by Gasteiger charge is 2.30. The van der Waals surface area contributed by atoms with Crippen LogP contribution >= 0.6 is 0 Å². The van der Waals surface area contributed by atoms with Gasteiger partial charge >= 0.3 is 5.69 Å². The molecule has 0 spiro atoms. The summed E-state index contributed by atoms with van der Waals surface area (Å²) in [5.74, 6) is -0.485. The van der Waals surface area contributed by atoms with Gasteiger partial charge in [-0.25, -0.2) is 0 Å². The highest BCUT2D eigenvalue weighted by Crippen LogP contribution is 2.23. The number of nitrogens with two attached hydrogens (primary N) is 1.